The Bertz CT molecular complexity index is 483. The maximum atomic E-state index is 12.7. The fourth-order valence-electron chi connectivity index (χ4n) is 3.44. The van der Waals surface area contributed by atoms with Gasteiger partial charge in [0.1, 0.15) is 5.60 Å². The third kappa shape index (κ3) is 2.40. The highest BCUT2D eigenvalue weighted by atomic mass is 16.5. The van der Waals surface area contributed by atoms with E-state index in [1.54, 1.807) is 0 Å². The van der Waals surface area contributed by atoms with Crippen LogP contribution in [0.4, 0.5) is 0 Å². The Morgan fingerprint density at radius 1 is 1.35 bits per heavy atom. The Morgan fingerprint density at radius 2 is 2.10 bits per heavy atom. The molecule has 2 aliphatic rings. The quantitative estimate of drug-likeness (QED) is 0.828. The lowest BCUT2D eigenvalue weighted by Crippen LogP contribution is -2.47. The molecule has 1 saturated heterocycles. The molecule has 3 nitrogen and oxygen atoms in total. The summed E-state index contributed by atoms with van der Waals surface area (Å²) in [7, 11) is 0. The van der Waals surface area contributed by atoms with Crippen LogP contribution in [0.15, 0.2) is 24.3 Å². The number of hydrogen-bond donors (Lipinski definition) is 0. The van der Waals surface area contributed by atoms with E-state index in [9.17, 15) is 4.79 Å². The molecule has 0 spiro atoms. The predicted molar refractivity (Wildman–Crippen MR) is 76.9 cm³/mol. The minimum absolute atomic E-state index is 0.266. The van der Waals surface area contributed by atoms with Crippen LogP contribution in [0.1, 0.15) is 43.2 Å². The molecule has 1 heterocycles. The molecule has 0 N–H and O–H groups in total. The van der Waals surface area contributed by atoms with Gasteiger partial charge in [-0.25, -0.2) is 0 Å². The average molecular weight is 274 g/mol. The average Bonchev–Trinajstić information content (AvgIpc) is 2.46. The van der Waals surface area contributed by atoms with Crippen molar-refractivity contribution in [2.24, 2.45) is 0 Å². The minimum atomic E-state index is -0.586. The molecule has 1 aromatic carbocycles. The molecule has 0 saturated carbocycles. The fourth-order valence-corrected chi connectivity index (χ4v) is 3.44. The van der Waals surface area contributed by atoms with Crippen LogP contribution in [0, 0.1) is 0 Å². The summed E-state index contributed by atoms with van der Waals surface area (Å²) >= 11 is 0. The summed E-state index contributed by atoms with van der Waals surface area (Å²) in [6.07, 6.45) is 3.04. The molecule has 0 radical (unpaired) electrons. The van der Waals surface area contributed by atoms with Gasteiger partial charge in [-0.05, 0) is 30.4 Å². The number of carbonyl (C=O) groups is 1. The number of Topliss-reactive ketones (excluding diaryl/α,β-unsaturated/α-hetero) is 1. The first-order valence-corrected chi connectivity index (χ1v) is 7.58. The summed E-state index contributed by atoms with van der Waals surface area (Å²) in [6.45, 7) is 3.82. The van der Waals surface area contributed by atoms with E-state index in [0.717, 1.165) is 6.42 Å². The molecule has 1 aliphatic heterocycles. The smallest absolute Gasteiger partial charge is 0.165 e. The van der Waals surface area contributed by atoms with Gasteiger partial charge in [-0.3, -0.25) is 4.79 Å². The maximum absolute atomic E-state index is 12.7. The molecule has 1 aromatic rings. The van der Waals surface area contributed by atoms with Crippen molar-refractivity contribution in [1.29, 1.82) is 0 Å². The topological polar surface area (TPSA) is 35.5 Å². The first-order valence-electron chi connectivity index (χ1n) is 7.58. The van der Waals surface area contributed by atoms with Gasteiger partial charge in [-0.2, -0.15) is 0 Å². The Kier molecular flexibility index (Phi) is 3.90. The van der Waals surface area contributed by atoms with Crippen molar-refractivity contribution < 1.29 is 14.3 Å². The van der Waals surface area contributed by atoms with Crippen molar-refractivity contribution in [3.05, 3.63) is 35.4 Å². The molecule has 1 aliphatic carbocycles. The van der Waals surface area contributed by atoms with Crippen LogP contribution < -0.4 is 0 Å². The largest absolute Gasteiger partial charge is 0.381 e. The van der Waals surface area contributed by atoms with Gasteiger partial charge in [0, 0.05) is 39.1 Å². The molecule has 0 amide bonds. The highest BCUT2D eigenvalue weighted by Gasteiger charge is 2.42. The van der Waals surface area contributed by atoms with E-state index in [2.05, 4.69) is 24.3 Å². The third-order valence-corrected chi connectivity index (χ3v) is 4.62. The number of benzene rings is 1. The second-order valence-electron chi connectivity index (χ2n) is 5.77. The van der Waals surface area contributed by atoms with Gasteiger partial charge in [0.25, 0.3) is 0 Å². The van der Waals surface area contributed by atoms with E-state index in [1.807, 2.05) is 6.92 Å². The Hall–Kier alpha value is -1.19. The third-order valence-electron chi connectivity index (χ3n) is 4.62. The zero-order valence-corrected chi connectivity index (χ0v) is 12.1. The van der Waals surface area contributed by atoms with Crippen LogP contribution >= 0.6 is 0 Å². The summed E-state index contributed by atoms with van der Waals surface area (Å²) in [6, 6.07) is 8.43. The molecule has 1 fully saturated rings. The zero-order valence-electron chi connectivity index (χ0n) is 12.1. The number of fused-ring (bicyclic) bond motifs is 1. The SMILES string of the molecule is CCOC1(C(=O)CC2Cc3ccccc32)CCOCC1. The number of rotatable bonds is 5. The van der Waals surface area contributed by atoms with Gasteiger partial charge in [0.05, 0.1) is 0 Å². The summed E-state index contributed by atoms with van der Waals surface area (Å²) in [4.78, 5) is 12.7. The van der Waals surface area contributed by atoms with Gasteiger partial charge >= 0.3 is 0 Å². The van der Waals surface area contributed by atoms with Gasteiger partial charge < -0.3 is 9.47 Å². The van der Waals surface area contributed by atoms with E-state index in [-0.39, 0.29) is 5.78 Å². The Labute approximate surface area is 120 Å². The lowest BCUT2D eigenvalue weighted by molar-refractivity contribution is -0.158. The van der Waals surface area contributed by atoms with E-state index in [1.165, 1.54) is 11.1 Å². The summed E-state index contributed by atoms with van der Waals surface area (Å²) < 4.78 is 11.3. The monoisotopic (exact) mass is 274 g/mol. The first-order chi connectivity index (χ1) is 9.75. The van der Waals surface area contributed by atoms with E-state index >= 15 is 0 Å². The highest BCUT2D eigenvalue weighted by Crippen LogP contribution is 2.40. The molecule has 3 rings (SSSR count). The predicted octanol–water partition coefficient (Wildman–Crippen LogP) is 2.87. The van der Waals surface area contributed by atoms with Crippen LogP contribution in [-0.2, 0) is 20.7 Å². The van der Waals surface area contributed by atoms with Crippen molar-refractivity contribution in [1.82, 2.24) is 0 Å². The molecule has 0 bridgehead atoms. The Balaban J connectivity index is 1.69. The standard InChI is InChI=1S/C17H22O3/c1-2-20-17(7-9-19-10-8-17)16(18)12-14-11-13-5-3-4-6-15(13)14/h3-6,14H,2,7-12H2,1H3. The second-order valence-corrected chi connectivity index (χ2v) is 5.77. The van der Waals surface area contributed by atoms with Crippen LogP contribution in [0.3, 0.4) is 0 Å². The maximum Gasteiger partial charge on any atom is 0.165 e. The molecular formula is C17H22O3. The fraction of sp³-hybridized carbons (Fsp3) is 0.588. The molecule has 1 atom stereocenters. The normalized spacial score (nSPS) is 23.8. The van der Waals surface area contributed by atoms with Gasteiger partial charge in [0.2, 0.25) is 0 Å². The molecule has 3 heteroatoms. The summed E-state index contributed by atoms with van der Waals surface area (Å²) in [5.74, 6) is 0.654. The van der Waals surface area contributed by atoms with Crippen molar-refractivity contribution in [3.63, 3.8) is 0 Å². The summed E-state index contributed by atoms with van der Waals surface area (Å²) in [5, 5.41) is 0. The molecule has 108 valence electrons. The minimum Gasteiger partial charge on any atom is -0.381 e. The number of carbonyl (C=O) groups excluding carboxylic acids is 1. The zero-order chi connectivity index (χ0) is 14.0. The van der Waals surface area contributed by atoms with Crippen molar-refractivity contribution in [2.75, 3.05) is 19.8 Å². The number of hydrogen-bond acceptors (Lipinski definition) is 3. The van der Waals surface area contributed by atoms with Crippen LogP contribution in [0.25, 0.3) is 0 Å². The van der Waals surface area contributed by atoms with Crippen LogP contribution in [0.5, 0.6) is 0 Å². The molecular weight excluding hydrogens is 252 g/mol. The molecule has 20 heavy (non-hydrogen) atoms. The van der Waals surface area contributed by atoms with Crippen molar-refractivity contribution in [3.8, 4) is 0 Å². The number of ether oxygens (including phenoxy) is 2. The van der Waals surface area contributed by atoms with Crippen LogP contribution in [-0.4, -0.2) is 31.2 Å². The highest BCUT2D eigenvalue weighted by molar-refractivity contribution is 5.88. The second kappa shape index (κ2) is 5.66. The lowest BCUT2D eigenvalue weighted by atomic mass is 9.72. The van der Waals surface area contributed by atoms with Gasteiger partial charge in [-0.1, -0.05) is 24.3 Å². The Morgan fingerprint density at radius 3 is 2.80 bits per heavy atom. The van der Waals surface area contributed by atoms with E-state index in [0.29, 0.717) is 45.0 Å². The first kappa shape index (κ1) is 13.8. The molecule has 0 aromatic heterocycles. The van der Waals surface area contributed by atoms with Gasteiger partial charge in [0.15, 0.2) is 5.78 Å². The number of ketones is 1. The van der Waals surface area contributed by atoms with E-state index in [4.69, 9.17) is 9.47 Å². The molecule has 1 unspecified atom stereocenters. The van der Waals surface area contributed by atoms with Crippen molar-refractivity contribution >= 4 is 5.78 Å². The van der Waals surface area contributed by atoms with Crippen molar-refractivity contribution in [2.45, 2.75) is 44.1 Å². The van der Waals surface area contributed by atoms with E-state index < -0.39 is 5.60 Å². The summed E-state index contributed by atoms with van der Waals surface area (Å²) in [5.41, 5.74) is 2.15. The van der Waals surface area contributed by atoms with Crippen LogP contribution in [0.2, 0.25) is 0 Å². The lowest BCUT2D eigenvalue weighted by Gasteiger charge is -2.38. The van der Waals surface area contributed by atoms with Gasteiger partial charge in [-0.15, -0.1) is 0 Å².